The van der Waals surface area contributed by atoms with E-state index in [1.54, 1.807) is 31.2 Å². The Morgan fingerprint density at radius 1 is 1.35 bits per heavy atom. The minimum Gasteiger partial charge on any atom is -0.490 e. The summed E-state index contributed by atoms with van der Waals surface area (Å²) < 4.78 is 15.7. The Balaban J connectivity index is 2.17. The van der Waals surface area contributed by atoms with Crippen LogP contribution in [0.4, 0.5) is 4.79 Å². The van der Waals surface area contributed by atoms with Crippen LogP contribution in [-0.2, 0) is 0 Å². The Morgan fingerprint density at radius 2 is 2.17 bits per heavy atom. The van der Waals surface area contributed by atoms with Crippen LogP contribution in [0.2, 0.25) is 0 Å². The lowest BCUT2D eigenvalue weighted by molar-refractivity contribution is 0.0695. The van der Waals surface area contributed by atoms with Crippen molar-refractivity contribution in [3.8, 4) is 11.5 Å². The molecule has 8 heteroatoms. The van der Waals surface area contributed by atoms with Crippen LogP contribution in [0.5, 0.6) is 11.5 Å². The Hall–Kier alpha value is -3.29. The van der Waals surface area contributed by atoms with Gasteiger partial charge in [-0.05, 0) is 42.8 Å². The van der Waals surface area contributed by atoms with Gasteiger partial charge in [-0.2, -0.15) is 5.10 Å². The van der Waals surface area contributed by atoms with Gasteiger partial charge in [0.1, 0.15) is 0 Å². The van der Waals surface area contributed by atoms with Gasteiger partial charge >= 0.3 is 12.0 Å². The van der Waals surface area contributed by atoms with Gasteiger partial charge in [-0.15, -0.1) is 0 Å². The number of hydrogen-bond acceptors (Lipinski definition) is 6. The molecule has 8 nitrogen and oxygen atoms in total. The molecule has 0 aliphatic heterocycles. The summed E-state index contributed by atoms with van der Waals surface area (Å²) in [5.74, 6) is 0.0557. The molecule has 0 saturated carbocycles. The van der Waals surface area contributed by atoms with Crippen molar-refractivity contribution in [2.24, 2.45) is 10.8 Å². The zero-order valence-corrected chi connectivity index (χ0v) is 12.3. The fourth-order valence-corrected chi connectivity index (χ4v) is 1.67. The maximum atomic E-state index is 11.9. The number of hydrazone groups is 1. The van der Waals surface area contributed by atoms with Crippen LogP contribution < -0.4 is 20.6 Å². The van der Waals surface area contributed by atoms with Gasteiger partial charge in [0.2, 0.25) is 5.76 Å². The first-order valence-electron chi connectivity index (χ1n) is 6.71. The van der Waals surface area contributed by atoms with E-state index in [0.717, 1.165) is 0 Å². The first-order valence-corrected chi connectivity index (χ1v) is 6.71. The molecule has 0 spiro atoms. The van der Waals surface area contributed by atoms with E-state index in [0.29, 0.717) is 17.9 Å². The molecule has 120 valence electrons. The average molecular weight is 317 g/mol. The number of esters is 1. The fraction of sp³-hybridized carbons (Fsp3) is 0.133. The second-order valence-corrected chi connectivity index (χ2v) is 4.24. The summed E-state index contributed by atoms with van der Waals surface area (Å²) in [5, 5.41) is 3.65. The van der Waals surface area contributed by atoms with Crippen molar-refractivity contribution < 1.29 is 23.5 Å². The molecule has 0 fully saturated rings. The SMILES string of the molecule is CCOc1cc(C=NNC(N)=O)ccc1OC(=O)c1ccco1. The van der Waals surface area contributed by atoms with E-state index >= 15 is 0 Å². The predicted molar refractivity (Wildman–Crippen MR) is 81.6 cm³/mol. The molecule has 3 N–H and O–H groups in total. The monoisotopic (exact) mass is 317 g/mol. The summed E-state index contributed by atoms with van der Waals surface area (Å²) in [5.41, 5.74) is 7.61. The smallest absolute Gasteiger partial charge is 0.379 e. The number of hydrogen-bond donors (Lipinski definition) is 2. The molecule has 0 bridgehead atoms. The van der Waals surface area contributed by atoms with Crippen LogP contribution in [0, 0.1) is 0 Å². The third kappa shape index (κ3) is 4.60. The summed E-state index contributed by atoms with van der Waals surface area (Å²) >= 11 is 0. The van der Waals surface area contributed by atoms with Crippen molar-refractivity contribution in [3.05, 3.63) is 47.9 Å². The Morgan fingerprint density at radius 3 is 2.83 bits per heavy atom. The minimum absolute atomic E-state index is 0.0868. The molecular weight excluding hydrogens is 302 g/mol. The molecule has 0 aliphatic carbocycles. The summed E-state index contributed by atoms with van der Waals surface area (Å²) in [6, 6.07) is 7.12. The molecule has 0 unspecified atom stereocenters. The van der Waals surface area contributed by atoms with Crippen LogP contribution in [-0.4, -0.2) is 24.8 Å². The molecule has 2 aromatic rings. The van der Waals surface area contributed by atoms with Crippen molar-refractivity contribution in [2.45, 2.75) is 6.92 Å². The lowest BCUT2D eigenvalue weighted by atomic mass is 10.2. The van der Waals surface area contributed by atoms with Crippen LogP contribution in [0.15, 0.2) is 46.1 Å². The molecule has 0 atom stereocenters. The number of primary amides is 1. The van der Waals surface area contributed by atoms with Crippen molar-refractivity contribution >= 4 is 18.2 Å². The van der Waals surface area contributed by atoms with Gasteiger partial charge in [-0.3, -0.25) is 0 Å². The number of nitrogens with two attached hydrogens (primary N) is 1. The predicted octanol–water partition coefficient (Wildman–Crippen LogP) is 1.90. The van der Waals surface area contributed by atoms with E-state index in [4.69, 9.17) is 19.6 Å². The lowest BCUT2D eigenvalue weighted by Crippen LogP contribution is -2.24. The highest BCUT2D eigenvalue weighted by molar-refractivity contribution is 5.89. The molecule has 1 heterocycles. The number of benzene rings is 1. The number of nitrogens with one attached hydrogen (secondary N) is 1. The average Bonchev–Trinajstić information content (AvgIpc) is 3.04. The van der Waals surface area contributed by atoms with E-state index in [-0.39, 0.29) is 11.5 Å². The number of amides is 2. The normalized spacial score (nSPS) is 10.5. The number of ether oxygens (including phenoxy) is 2. The van der Waals surface area contributed by atoms with Gasteiger partial charge in [-0.1, -0.05) is 0 Å². The quantitative estimate of drug-likeness (QED) is 0.365. The molecule has 0 saturated heterocycles. The Kier molecular flexibility index (Phi) is 5.35. The second-order valence-electron chi connectivity index (χ2n) is 4.24. The van der Waals surface area contributed by atoms with Crippen LogP contribution in [0.1, 0.15) is 23.0 Å². The number of furan rings is 1. The van der Waals surface area contributed by atoms with Gasteiger partial charge in [0, 0.05) is 0 Å². The number of rotatable bonds is 6. The van der Waals surface area contributed by atoms with Crippen LogP contribution in [0.3, 0.4) is 0 Å². The lowest BCUT2D eigenvalue weighted by Gasteiger charge is -2.10. The Labute approximate surface area is 131 Å². The van der Waals surface area contributed by atoms with Crippen molar-refractivity contribution in [3.63, 3.8) is 0 Å². The fourth-order valence-electron chi connectivity index (χ4n) is 1.67. The second kappa shape index (κ2) is 7.64. The summed E-state index contributed by atoms with van der Waals surface area (Å²) in [6.45, 7) is 2.18. The third-order valence-corrected chi connectivity index (χ3v) is 2.58. The summed E-state index contributed by atoms with van der Waals surface area (Å²) in [6.07, 6.45) is 2.76. The van der Waals surface area contributed by atoms with E-state index in [1.165, 1.54) is 18.5 Å². The topological polar surface area (TPSA) is 116 Å². The standard InChI is InChI=1S/C15H15N3O5/c1-2-21-13-8-10(9-17-18-15(16)20)5-6-11(13)23-14(19)12-4-3-7-22-12/h3-9H,2H2,1H3,(H3,16,18,20). The minimum atomic E-state index is -0.768. The molecule has 2 rings (SSSR count). The molecular formula is C15H15N3O5. The van der Waals surface area contributed by atoms with Crippen molar-refractivity contribution in [2.75, 3.05) is 6.61 Å². The molecule has 0 aliphatic rings. The maximum Gasteiger partial charge on any atom is 0.379 e. The number of urea groups is 1. The molecule has 2 amide bonds. The van der Waals surface area contributed by atoms with E-state index in [1.807, 2.05) is 0 Å². The van der Waals surface area contributed by atoms with Gasteiger partial charge in [-0.25, -0.2) is 15.0 Å². The number of carbonyl (C=O) groups is 2. The van der Waals surface area contributed by atoms with Crippen LogP contribution >= 0.6 is 0 Å². The molecule has 23 heavy (non-hydrogen) atoms. The summed E-state index contributed by atoms with van der Waals surface area (Å²) in [7, 11) is 0. The van der Waals surface area contributed by atoms with Crippen molar-refractivity contribution in [1.82, 2.24) is 5.43 Å². The highest BCUT2D eigenvalue weighted by Gasteiger charge is 2.15. The zero-order chi connectivity index (χ0) is 16.7. The highest BCUT2D eigenvalue weighted by atomic mass is 16.6. The highest BCUT2D eigenvalue weighted by Crippen LogP contribution is 2.28. The zero-order valence-electron chi connectivity index (χ0n) is 12.3. The van der Waals surface area contributed by atoms with Gasteiger partial charge in [0.15, 0.2) is 11.5 Å². The third-order valence-electron chi connectivity index (χ3n) is 2.58. The van der Waals surface area contributed by atoms with E-state index in [9.17, 15) is 9.59 Å². The molecule has 1 aromatic heterocycles. The number of nitrogens with zero attached hydrogens (tertiary/aromatic N) is 1. The van der Waals surface area contributed by atoms with Crippen LogP contribution in [0.25, 0.3) is 0 Å². The number of carbonyl (C=O) groups excluding carboxylic acids is 2. The molecule has 1 aromatic carbocycles. The van der Waals surface area contributed by atoms with E-state index < -0.39 is 12.0 Å². The van der Waals surface area contributed by atoms with E-state index in [2.05, 4.69) is 10.5 Å². The maximum absolute atomic E-state index is 11.9. The van der Waals surface area contributed by atoms with Gasteiger partial charge in [0.25, 0.3) is 0 Å². The first kappa shape index (κ1) is 16.1. The van der Waals surface area contributed by atoms with Crippen molar-refractivity contribution in [1.29, 1.82) is 0 Å². The van der Waals surface area contributed by atoms with Gasteiger partial charge < -0.3 is 19.6 Å². The summed E-state index contributed by atoms with van der Waals surface area (Å²) in [4.78, 5) is 22.5. The van der Waals surface area contributed by atoms with Gasteiger partial charge in [0.05, 0.1) is 19.1 Å². The largest absolute Gasteiger partial charge is 0.490 e. The Bertz CT molecular complexity index is 710. The first-order chi connectivity index (χ1) is 11.1. The molecule has 0 radical (unpaired) electrons.